The molecule has 0 spiro atoms. The first-order chi connectivity index (χ1) is 14.9. The molecule has 1 aliphatic heterocycles. The third-order valence-electron chi connectivity index (χ3n) is 5.95. The second kappa shape index (κ2) is 9.15. The zero-order chi connectivity index (χ0) is 21.8. The molecule has 31 heavy (non-hydrogen) atoms. The highest BCUT2D eigenvalue weighted by molar-refractivity contribution is 5.83. The van der Waals surface area contributed by atoms with Gasteiger partial charge in [-0.15, -0.1) is 0 Å². The summed E-state index contributed by atoms with van der Waals surface area (Å²) in [4.78, 5) is 18.0. The summed E-state index contributed by atoms with van der Waals surface area (Å²) >= 11 is 0. The van der Waals surface area contributed by atoms with E-state index in [1.807, 2.05) is 17.0 Å². The van der Waals surface area contributed by atoms with Crippen LogP contribution in [0.1, 0.15) is 56.2 Å². The number of H-pyrrole nitrogens is 1. The van der Waals surface area contributed by atoms with Crippen LogP contribution in [0.2, 0.25) is 0 Å². The quantitative estimate of drug-likeness (QED) is 0.568. The fraction of sp³-hybridized carbons (Fsp3) is 0.423. The Morgan fingerprint density at radius 1 is 1.10 bits per heavy atom. The van der Waals surface area contributed by atoms with Crippen LogP contribution in [0.25, 0.3) is 10.9 Å². The van der Waals surface area contributed by atoms with Crippen LogP contribution in [0.5, 0.6) is 0 Å². The average Bonchev–Trinajstić information content (AvgIpc) is 3.20. The first kappa shape index (κ1) is 21.4. The fourth-order valence-electron chi connectivity index (χ4n) is 4.24. The zero-order valence-electron chi connectivity index (χ0n) is 18.8. The lowest BCUT2D eigenvalue weighted by atomic mass is 9.89. The third-order valence-corrected chi connectivity index (χ3v) is 5.95. The number of ether oxygens (including phenoxy) is 1. The molecule has 3 aromatic rings. The normalized spacial score (nSPS) is 15.4. The Balaban J connectivity index is 1.28. The number of carbonyl (C=O) groups is 1. The summed E-state index contributed by atoms with van der Waals surface area (Å²) in [7, 11) is 0. The molecule has 1 fully saturated rings. The molecule has 0 unspecified atom stereocenters. The SMILES string of the molecule is CC(C)(C)OCc1cccc(CNC(=O)N2CCC(c3c[nH]c4ccccc34)CC2)c1. The van der Waals surface area contributed by atoms with E-state index in [1.54, 1.807) is 0 Å². The number of amides is 2. The van der Waals surface area contributed by atoms with Crippen molar-refractivity contribution < 1.29 is 9.53 Å². The number of benzene rings is 2. The van der Waals surface area contributed by atoms with Gasteiger partial charge in [-0.25, -0.2) is 4.79 Å². The maximum atomic E-state index is 12.7. The van der Waals surface area contributed by atoms with Gasteiger partial charge in [0.25, 0.3) is 0 Å². The minimum atomic E-state index is -0.164. The molecule has 0 saturated carbocycles. The number of para-hydroxylation sites is 1. The van der Waals surface area contributed by atoms with Gasteiger partial charge in [0.1, 0.15) is 0 Å². The standard InChI is InChI=1S/C26H33N3O2/c1-26(2,3)31-18-20-8-6-7-19(15-20)16-28-25(30)29-13-11-21(12-14-29)23-17-27-24-10-5-4-9-22(23)24/h4-10,15,17,21,27H,11-14,16,18H2,1-3H3,(H,28,30). The topological polar surface area (TPSA) is 57.4 Å². The Bertz CT molecular complexity index is 1030. The number of hydrogen-bond donors (Lipinski definition) is 2. The van der Waals surface area contributed by atoms with Crippen molar-refractivity contribution in [3.8, 4) is 0 Å². The van der Waals surface area contributed by atoms with E-state index in [0.29, 0.717) is 19.1 Å². The lowest BCUT2D eigenvalue weighted by Crippen LogP contribution is -2.43. The maximum absolute atomic E-state index is 12.7. The first-order valence-electron chi connectivity index (χ1n) is 11.2. The molecule has 164 valence electrons. The number of aromatic amines is 1. The van der Waals surface area contributed by atoms with Gasteiger partial charge in [0.15, 0.2) is 0 Å². The Morgan fingerprint density at radius 2 is 1.84 bits per heavy atom. The fourth-order valence-corrected chi connectivity index (χ4v) is 4.24. The van der Waals surface area contributed by atoms with Gasteiger partial charge in [0.2, 0.25) is 0 Å². The van der Waals surface area contributed by atoms with Gasteiger partial charge in [-0.3, -0.25) is 0 Å². The maximum Gasteiger partial charge on any atom is 0.317 e. The van der Waals surface area contributed by atoms with Crippen molar-refractivity contribution in [3.05, 3.63) is 71.4 Å². The average molecular weight is 420 g/mol. The zero-order valence-corrected chi connectivity index (χ0v) is 18.8. The number of nitrogens with one attached hydrogen (secondary N) is 2. The van der Waals surface area contributed by atoms with E-state index in [4.69, 9.17) is 4.74 Å². The van der Waals surface area contributed by atoms with E-state index in [-0.39, 0.29) is 11.6 Å². The van der Waals surface area contributed by atoms with Gasteiger partial charge < -0.3 is 19.9 Å². The Labute approximate surface area is 184 Å². The van der Waals surface area contributed by atoms with Crippen molar-refractivity contribution in [2.75, 3.05) is 13.1 Å². The molecule has 2 N–H and O–H groups in total. The summed E-state index contributed by atoms with van der Waals surface area (Å²) in [6.07, 6.45) is 4.13. The molecule has 1 aromatic heterocycles. The molecule has 1 saturated heterocycles. The van der Waals surface area contributed by atoms with Crippen LogP contribution in [0, 0.1) is 0 Å². The van der Waals surface area contributed by atoms with Crippen LogP contribution in [-0.4, -0.2) is 34.6 Å². The number of carbonyl (C=O) groups excluding carboxylic acids is 1. The predicted octanol–water partition coefficient (Wildman–Crippen LogP) is 5.57. The second-order valence-corrected chi connectivity index (χ2v) is 9.43. The van der Waals surface area contributed by atoms with Crippen molar-refractivity contribution in [2.24, 2.45) is 0 Å². The largest absolute Gasteiger partial charge is 0.371 e. The molecule has 5 nitrogen and oxygen atoms in total. The van der Waals surface area contributed by atoms with Crippen molar-refractivity contribution in [3.63, 3.8) is 0 Å². The highest BCUT2D eigenvalue weighted by atomic mass is 16.5. The monoisotopic (exact) mass is 419 g/mol. The Morgan fingerprint density at radius 3 is 2.61 bits per heavy atom. The number of rotatable bonds is 5. The van der Waals surface area contributed by atoms with Crippen LogP contribution in [0.3, 0.4) is 0 Å². The van der Waals surface area contributed by atoms with Crippen molar-refractivity contribution in [1.29, 1.82) is 0 Å². The molecular weight excluding hydrogens is 386 g/mol. The van der Waals surface area contributed by atoms with Gasteiger partial charge in [0, 0.05) is 36.7 Å². The summed E-state index contributed by atoms with van der Waals surface area (Å²) < 4.78 is 5.86. The summed E-state index contributed by atoms with van der Waals surface area (Å²) in [6.45, 7) is 8.85. The smallest absolute Gasteiger partial charge is 0.317 e. The third kappa shape index (κ3) is 5.47. The highest BCUT2D eigenvalue weighted by Crippen LogP contribution is 2.33. The summed E-state index contributed by atoms with van der Waals surface area (Å²) in [5.74, 6) is 0.500. The molecule has 0 radical (unpaired) electrons. The highest BCUT2D eigenvalue weighted by Gasteiger charge is 2.25. The van der Waals surface area contributed by atoms with Crippen LogP contribution in [-0.2, 0) is 17.9 Å². The van der Waals surface area contributed by atoms with E-state index in [9.17, 15) is 4.79 Å². The molecule has 0 bridgehead atoms. The van der Waals surface area contributed by atoms with E-state index in [1.165, 1.54) is 16.5 Å². The summed E-state index contributed by atoms with van der Waals surface area (Å²) in [6, 6.07) is 16.7. The summed E-state index contributed by atoms with van der Waals surface area (Å²) in [5, 5.41) is 4.39. The number of hydrogen-bond acceptors (Lipinski definition) is 2. The van der Waals surface area contributed by atoms with Gasteiger partial charge >= 0.3 is 6.03 Å². The number of urea groups is 1. The number of aromatic nitrogens is 1. The van der Waals surface area contributed by atoms with Gasteiger partial charge in [-0.2, -0.15) is 0 Å². The predicted molar refractivity (Wildman–Crippen MR) is 125 cm³/mol. The van der Waals surface area contributed by atoms with Gasteiger partial charge in [-0.05, 0) is 62.3 Å². The van der Waals surface area contributed by atoms with Crippen LogP contribution < -0.4 is 5.32 Å². The molecule has 4 rings (SSSR count). The van der Waals surface area contributed by atoms with E-state index >= 15 is 0 Å². The molecule has 0 atom stereocenters. The minimum absolute atomic E-state index is 0.0220. The van der Waals surface area contributed by atoms with E-state index < -0.39 is 0 Å². The lowest BCUT2D eigenvalue weighted by molar-refractivity contribution is -0.0149. The van der Waals surface area contributed by atoms with Crippen LogP contribution in [0.4, 0.5) is 4.79 Å². The molecule has 1 aliphatic rings. The Kier molecular flexibility index (Phi) is 6.33. The number of likely N-dealkylation sites (tertiary alicyclic amines) is 1. The van der Waals surface area contributed by atoms with Crippen molar-refractivity contribution in [2.45, 2.75) is 58.3 Å². The molecule has 2 amide bonds. The molecule has 2 heterocycles. The van der Waals surface area contributed by atoms with Gasteiger partial charge in [-0.1, -0.05) is 42.5 Å². The number of nitrogens with zero attached hydrogens (tertiary/aromatic N) is 1. The first-order valence-corrected chi connectivity index (χ1v) is 11.2. The second-order valence-electron chi connectivity index (χ2n) is 9.43. The van der Waals surface area contributed by atoms with Crippen LogP contribution in [0.15, 0.2) is 54.7 Å². The lowest BCUT2D eigenvalue weighted by Gasteiger charge is -2.32. The van der Waals surface area contributed by atoms with E-state index in [2.05, 4.69) is 73.7 Å². The van der Waals surface area contributed by atoms with Gasteiger partial charge in [0.05, 0.1) is 12.2 Å². The molecule has 2 aromatic carbocycles. The number of piperidine rings is 1. The van der Waals surface area contributed by atoms with Crippen molar-refractivity contribution in [1.82, 2.24) is 15.2 Å². The molecule has 5 heteroatoms. The molecule has 0 aliphatic carbocycles. The minimum Gasteiger partial charge on any atom is -0.371 e. The van der Waals surface area contributed by atoms with Crippen LogP contribution >= 0.6 is 0 Å². The molecular formula is C26H33N3O2. The number of fused-ring (bicyclic) bond motifs is 1. The van der Waals surface area contributed by atoms with Crippen molar-refractivity contribution >= 4 is 16.9 Å². The van der Waals surface area contributed by atoms with E-state index in [0.717, 1.165) is 37.1 Å². The Hall–Kier alpha value is -2.79. The summed E-state index contributed by atoms with van der Waals surface area (Å²) in [5.41, 5.74) is 4.62.